The van der Waals surface area contributed by atoms with Crippen LogP contribution in [0.4, 0.5) is 0 Å². The minimum atomic E-state index is -1.71. The lowest BCUT2D eigenvalue weighted by Gasteiger charge is -2.37. The van der Waals surface area contributed by atoms with Crippen molar-refractivity contribution in [2.45, 2.75) is 83.5 Å². The van der Waals surface area contributed by atoms with Crippen LogP contribution in [0.2, 0.25) is 18.1 Å². The molecule has 0 bridgehead atoms. The molecule has 2 unspecified atom stereocenters. The number of aldehydes is 1. The van der Waals surface area contributed by atoms with E-state index in [-0.39, 0.29) is 12.0 Å². The third-order valence-corrected chi connectivity index (χ3v) is 9.62. The second-order valence-corrected chi connectivity index (χ2v) is 10.7. The van der Waals surface area contributed by atoms with E-state index in [0.717, 1.165) is 43.7 Å². The number of ketones is 1. The van der Waals surface area contributed by atoms with E-state index < -0.39 is 8.32 Å². The molecule has 4 heteroatoms. The van der Waals surface area contributed by atoms with Crippen LogP contribution in [-0.2, 0) is 14.0 Å². The first-order valence-electron chi connectivity index (χ1n) is 8.26. The van der Waals surface area contributed by atoms with Crippen molar-refractivity contribution in [2.75, 3.05) is 0 Å². The van der Waals surface area contributed by atoms with Crippen molar-refractivity contribution in [3.05, 3.63) is 0 Å². The first-order valence-corrected chi connectivity index (χ1v) is 10.8. The SMILES string of the molecule is CC[Si](CC)(CC)OC(CCC=O)C1CCCCC1=O. The zero-order valence-electron chi connectivity index (χ0n) is 13.3. The largest absolute Gasteiger partial charge is 0.413 e. The quantitative estimate of drug-likeness (QED) is 0.475. The molecule has 0 aliphatic heterocycles. The van der Waals surface area contributed by atoms with Gasteiger partial charge in [-0.1, -0.05) is 27.2 Å². The highest BCUT2D eigenvalue weighted by atomic mass is 28.4. The van der Waals surface area contributed by atoms with Crippen molar-refractivity contribution in [3.63, 3.8) is 0 Å². The van der Waals surface area contributed by atoms with Crippen LogP contribution in [0.25, 0.3) is 0 Å². The maximum absolute atomic E-state index is 12.2. The average molecular weight is 298 g/mol. The zero-order valence-corrected chi connectivity index (χ0v) is 14.3. The highest BCUT2D eigenvalue weighted by Gasteiger charge is 2.37. The van der Waals surface area contributed by atoms with E-state index in [0.29, 0.717) is 25.0 Å². The summed E-state index contributed by atoms with van der Waals surface area (Å²) in [7, 11) is -1.71. The molecule has 0 aromatic heterocycles. The van der Waals surface area contributed by atoms with Crippen LogP contribution < -0.4 is 0 Å². The first-order chi connectivity index (χ1) is 9.62. The topological polar surface area (TPSA) is 43.4 Å². The van der Waals surface area contributed by atoms with Crippen LogP contribution in [0.3, 0.4) is 0 Å². The molecule has 1 rings (SSSR count). The minimum absolute atomic E-state index is 0.0143. The molecule has 1 saturated carbocycles. The molecule has 0 amide bonds. The van der Waals surface area contributed by atoms with Crippen LogP contribution in [-0.4, -0.2) is 26.5 Å². The lowest BCUT2D eigenvalue weighted by molar-refractivity contribution is -0.128. The fourth-order valence-electron chi connectivity index (χ4n) is 3.30. The number of rotatable bonds is 9. The van der Waals surface area contributed by atoms with Crippen LogP contribution in [0.15, 0.2) is 0 Å². The zero-order chi connectivity index (χ0) is 15.0. The van der Waals surface area contributed by atoms with Gasteiger partial charge in [0.2, 0.25) is 0 Å². The van der Waals surface area contributed by atoms with Crippen LogP contribution >= 0.6 is 0 Å². The van der Waals surface area contributed by atoms with Crippen molar-refractivity contribution >= 4 is 20.4 Å². The van der Waals surface area contributed by atoms with Gasteiger partial charge in [-0.3, -0.25) is 4.79 Å². The van der Waals surface area contributed by atoms with Crippen molar-refractivity contribution in [1.29, 1.82) is 0 Å². The number of Topliss-reactive ketones (excluding diaryl/α,β-unsaturated/α-hetero) is 1. The molecule has 1 aliphatic rings. The second-order valence-electron chi connectivity index (χ2n) is 5.96. The first kappa shape index (κ1) is 17.6. The van der Waals surface area contributed by atoms with E-state index in [1.165, 1.54) is 0 Å². The Morgan fingerprint density at radius 3 is 2.40 bits per heavy atom. The van der Waals surface area contributed by atoms with Crippen LogP contribution in [0, 0.1) is 5.92 Å². The molecule has 3 nitrogen and oxygen atoms in total. The molecular formula is C16H30O3Si. The monoisotopic (exact) mass is 298 g/mol. The highest BCUT2D eigenvalue weighted by Crippen LogP contribution is 2.32. The van der Waals surface area contributed by atoms with Gasteiger partial charge >= 0.3 is 0 Å². The van der Waals surface area contributed by atoms with E-state index in [4.69, 9.17) is 4.43 Å². The van der Waals surface area contributed by atoms with E-state index in [2.05, 4.69) is 20.8 Å². The van der Waals surface area contributed by atoms with E-state index >= 15 is 0 Å². The van der Waals surface area contributed by atoms with Gasteiger partial charge in [0.05, 0.1) is 6.10 Å². The lowest BCUT2D eigenvalue weighted by Crippen LogP contribution is -2.44. The molecular weight excluding hydrogens is 268 g/mol. The Morgan fingerprint density at radius 2 is 1.90 bits per heavy atom. The fourth-order valence-corrected chi connectivity index (χ4v) is 6.22. The van der Waals surface area contributed by atoms with Gasteiger partial charge in [0.25, 0.3) is 0 Å². The van der Waals surface area contributed by atoms with Crippen molar-refractivity contribution in [3.8, 4) is 0 Å². The van der Waals surface area contributed by atoms with Gasteiger partial charge in [-0.25, -0.2) is 0 Å². The minimum Gasteiger partial charge on any atom is -0.413 e. The highest BCUT2D eigenvalue weighted by molar-refractivity contribution is 6.73. The summed E-state index contributed by atoms with van der Waals surface area (Å²) in [5.41, 5.74) is 0. The Balaban J connectivity index is 2.81. The number of carbonyl (C=O) groups excluding carboxylic acids is 2. The predicted octanol–water partition coefficient (Wildman–Crippen LogP) is 4.12. The molecule has 2 atom stereocenters. The summed E-state index contributed by atoms with van der Waals surface area (Å²) in [4.78, 5) is 22.9. The average Bonchev–Trinajstić information content (AvgIpc) is 2.49. The summed E-state index contributed by atoms with van der Waals surface area (Å²) in [5, 5.41) is 0. The molecule has 116 valence electrons. The number of carbonyl (C=O) groups is 2. The molecule has 0 aromatic carbocycles. The summed E-state index contributed by atoms with van der Waals surface area (Å²) < 4.78 is 6.56. The molecule has 0 saturated heterocycles. The second kappa shape index (κ2) is 8.73. The number of hydrogen-bond acceptors (Lipinski definition) is 3. The standard InChI is InChI=1S/C16H30O3Si/c1-4-20(5-2,6-3)19-16(12-9-13-17)14-10-7-8-11-15(14)18/h13-14,16H,4-12H2,1-3H3. The third kappa shape index (κ3) is 4.52. The third-order valence-electron chi connectivity index (χ3n) is 4.95. The van der Waals surface area contributed by atoms with Gasteiger partial charge in [-0.15, -0.1) is 0 Å². The lowest BCUT2D eigenvalue weighted by atomic mass is 9.83. The van der Waals surface area contributed by atoms with Gasteiger partial charge in [-0.05, 0) is 37.4 Å². The molecule has 0 N–H and O–H groups in total. The Bertz CT molecular complexity index is 305. The number of hydrogen-bond donors (Lipinski definition) is 0. The summed E-state index contributed by atoms with van der Waals surface area (Å²) >= 11 is 0. The van der Waals surface area contributed by atoms with E-state index in [1.54, 1.807) is 0 Å². The molecule has 0 heterocycles. The molecule has 20 heavy (non-hydrogen) atoms. The smallest absolute Gasteiger partial charge is 0.192 e. The maximum Gasteiger partial charge on any atom is 0.192 e. The van der Waals surface area contributed by atoms with Gasteiger partial charge in [-0.2, -0.15) is 0 Å². The van der Waals surface area contributed by atoms with Gasteiger partial charge < -0.3 is 9.22 Å². The van der Waals surface area contributed by atoms with Gasteiger partial charge in [0.15, 0.2) is 8.32 Å². The summed E-state index contributed by atoms with van der Waals surface area (Å²) in [6.45, 7) is 6.62. The Kier molecular flexibility index (Phi) is 7.67. The van der Waals surface area contributed by atoms with E-state index in [9.17, 15) is 9.59 Å². The van der Waals surface area contributed by atoms with Crippen molar-refractivity contribution < 1.29 is 14.0 Å². The predicted molar refractivity (Wildman–Crippen MR) is 84.3 cm³/mol. The van der Waals surface area contributed by atoms with Crippen molar-refractivity contribution in [1.82, 2.24) is 0 Å². The summed E-state index contributed by atoms with van der Waals surface area (Å²) in [5.74, 6) is 0.401. The summed E-state index contributed by atoms with van der Waals surface area (Å²) in [6, 6.07) is 3.29. The molecule has 1 fully saturated rings. The summed E-state index contributed by atoms with van der Waals surface area (Å²) in [6.07, 6.45) is 5.96. The Hall–Kier alpha value is -0.483. The normalized spacial score (nSPS) is 21.8. The van der Waals surface area contributed by atoms with Crippen LogP contribution in [0.5, 0.6) is 0 Å². The van der Waals surface area contributed by atoms with Crippen molar-refractivity contribution in [2.24, 2.45) is 5.92 Å². The van der Waals surface area contributed by atoms with Gasteiger partial charge in [0, 0.05) is 18.8 Å². The molecule has 0 radical (unpaired) electrons. The maximum atomic E-state index is 12.2. The molecule has 0 spiro atoms. The van der Waals surface area contributed by atoms with Crippen LogP contribution in [0.1, 0.15) is 59.3 Å². The Morgan fingerprint density at radius 1 is 1.25 bits per heavy atom. The van der Waals surface area contributed by atoms with Gasteiger partial charge in [0.1, 0.15) is 12.1 Å². The van der Waals surface area contributed by atoms with E-state index in [1.807, 2.05) is 0 Å². The molecule has 1 aliphatic carbocycles. The fraction of sp³-hybridized carbons (Fsp3) is 0.875. The molecule has 0 aromatic rings. The Labute approximate surface area is 124 Å².